The van der Waals surface area contributed by atoms with Gasteiger partial charge in [0.15, 0.2) is 11.5 Å². The number of nitro groups is 1. The summed E-state index contributed by atoms with van der Waals surface area (Å²) in [5.74, 6) is 0.442. The van der Waals surface area contributed by atoms with Crippen molar-refractivity contribution in [1.82, 2.24) is 5.32 Å². The fourth-order valence-electron chi connectivity index (χ4n) is 3.08. The second-order valence-electron chi connectivity index (χ2n) is 6.23. The summed E-state index contributed by atoms with van der Waals surface area (Å²) < 4.78 is 10.5. The zero-order valence-electron chi connectivity index (χ0n) is 15.4. The standard InChI is InChI=1S/C19H19N3O6/c1-27-16-7-6-14(10-17(16)28-2)21-11-13(9-18(21)23)20-19(24)12-4-3-5-15(8-12)22(25)26/h3-8,10,13H,9,11H2,1-2H3,(H,20,24)/t13-/m0/s1. The van der Waals surface area contributed by atoms with E-state index in [1.807, 2.05) is 0 Å². The summed E-state index contributed by atoms with van der Waals surface area (Å²) in [4.78, 5) is 36.7. The molecule has 0 unspecified atom stereocenters. The van der Waals surface area contributed by atoms with E-state index in [-0.39, 0.29) is 30.1 Å². The van der Waals surface area contributed by atoms with Gasteiger partial charge in [-0.2, -0.15) is 0 Å². The van der Waals surface area contributed by atoms with Crippen molar-refractivity contribution in [2.45, 2.75) is 12.5 Å². The van der Waals surface area contributed by atoms with E-state index in [0.29, 0.717) is 17.2 Å². The minimum absolute atomic E-state index is 0.134. The van der Waals surface area contributed by atoms with Gasteiger partial charge in [-0.1, -0.05) is 6.07 Å². The molecular formula is C19H19N3O6. The first-order valence-electron chi connectivity index (χ1n) is 8.50. The van der Waals surface area contributed by atoms with Crippen molar-refractivity contribution in [3.8, 4) is 11.5 Å². The number of methoxy groups -OCH3 is 2. The molecule has 0 radical (unpaired) electrons. The van der Waals surface area contributed by atoms with E-state index in [0.717, 1.165) is 0 Å². The lowest BCUT2D eigenvalue weighted by Gasteiger charge is -2.19. The zero-order valence-corrected chi connectivity index (χ0v) is 15.4. The van der Waals surface area contributed by atoms with Gasteiger partial charge in [-0.3, -0.25) is 19.7 Å². The van der Waals surface area contributed by atoms with Crippen LogP contribution in [0.1, 0.15) is 16.8 Å². The lowest BCUT2D eigenvalue weighted by molar-refractivity contribution is -0.384. The molecule has 146 valence electrons. The molecule has 3 rings (SSSR count). The van der Waals surface area contributed by atoms with E-state index in [9.17, 15) is 19.7 Å². The topological polar surface area (TPSA) is 111 Å². The van der Waals surface area contributed by atoms with Gasteiger partial charge in [0.1, 0.15) is 0 Å². The Bertz CT molecular complexity index is 930. The maximum absolute atomic E-state index is 12.4. The Morgan fingerprint density at radius 2 is 1.93 bits per heavy atom. The monoisotopic (exact) mass is 385 g/mol. The van der Waals surface area contributed by atoms with Gasteiger partial charge >= 0.3 is 0 Å². The predicted molar refractivity (Wildman–Crippen MR) is 101 cm³/mol. The first-order chi connectivity index (χ1) is 13.4. The van der Waals surface area contributed by atoms with Crippen molar-refractivity contribution in [1.29, 1.82) is 0 Å². The number of carbonyl (C=O) groups is 2. The Balaban J connectivity index is 1.72. The average molecular weight is 385 g/mol. The van der Waals surface area contributed by atoms with E-state index in [4.69, 9.17) is 9.47 Å². The second kappa shape index (κ2) is 7.95. The Labute approximate surface area is 161 Å². The van der Waals surface area contributed by atoms with E-state index in [1.54, 1.807) is 23.1 Å². The predicted octanol–water partition coefficient (Wildman–Crippen LogP) is 2.15. The van der Waals surface area contributed by atoms with Gasteiger partial charge in [-0.15, -0.1) is 0 Å². The third kappa shape index (κ3) is 3.88. The fourth-order valence-corrected chi connectivity index (χ4v) is 3.08. The number of nitro benzene ring substituents is 1. The lowest BCUT2D eigenvalue weighted by atomic mass is 10.1. The Kier molecular flexibility index (Phi) is 5.44. The molecule has 1 aliphatic heterocycles. The molecular weight excluding hydrogens is 366 g/mol. The Morgan fingerprint density at radius 1 is 1.18 bits per heavy atom. The van der Waals surface area contributed by atoms with Gasteiger partial charge in [0.25, 0.3) is 11.6 Å². The zero-order chi connectivity index (χ0) is 20.3. The maximum Gasteiger partial charge on any atom is 0.270 e. The first-order valence-corrected chi connectivity index (χ1v) is 8.50. The summed E-state index contributed by atoms with van der Waals surface area (Å²) in [5, 5.41) is 13.6. The van der Waals surface area contributed by atoms with Crippen LogP contribution in [0, 0.1) is 10.1 Å². The molecule has 2 aromatic carbocycles. The molecule has 9 heteroatoms. The highest BCUT2D eigenvalue weighted by atomic mass is 16.6. The molecule has 1 atom stereocenters. The molecule has 2 aromatic rings. The summed E-state index contributed by atoms with van der Waals surface area (Å²) in [7, 11) is 3.04. The highest BCUT2D eigenvalue weighted by Gasteiger charge is 2.32. The number of hydrogen-bond acceptors (Lipinski definition) is 6. The van der Waals surface area contributed by atoms with Gasteiger partial charge < -0.3 is 19.7 Å². The number of ether oxygens (including phenoxy) is 2. The summed E-state index contributed by atoms with van der Waals surface area (Å²) in [6, 6.07) is 10.2. The molecule has 0 saturated carbocycles. The number of benzene rings is 2. The van der Waals surface area contributed by atoms with Crippen LogP contribution < -0.4 is 19.7 Å². The average Bonchev–Trinajstić information content (AvgIpc) is 3.07. The van der Waals surface area contributed by atoms with Gasteiger partial charge in [-0.25, -0.2) is 0 Å². The normalized spacial score (nSPS) is 16.0. The van der Waals surface area contributed by atoms with Crippen molar-refractivity contribution in [2.24, 2.45) is 0 Å². The molecule has 0 bridgehead atoms. The number of nitrogens with zero attached hydrogens (tertiary/aromatic N) is 2. The quantitative estimate of drug-likeness (QED) is 0.602. The number of amides is 2. The number of hydrogen-bond donors (Lipinski definition) is 1. The van der Waals surface area contributed by atoms with Crippen LogP contribution in [0.3, 0.4) is 0 Å². The van der Waals surface area contributed by atoms with Gasteiger partial charge in [0, 0.05) is 42.4 Å². The molecule has 1 saturated heterocycles. The summed E-state index contributed by atoms with van der Waals surface area (Å²) >= 11 is 0. The minimum atomic E-state index is -0.561. The molecule has 1 heterocycles. The lowest BCUT2D eigenvalue weighted by Crippen LogP contribution is -2.37. The third-order valence-electron chi connectivity index (χ3n) is 4.46. The first kappa shape index (κ1) is 19.2. The van der Waals surface area contributed by atoms with Crippen molar-refractivity contribution in [2.75, 3.05) is 25.7 Å². The van der Waals surface area contributed by atoms with Crippen LogP contribution in [0.25, 0.3) is 0 Å². The van der Waals surface area contributed by atoms with Crippen LogP contribution in [0.5, 0.6) is 11.5 Å². The van der Waals surface area contributed by atoms with Crippen molar-refractivity contribution in [3.63, 3.8) is 0 Å². The van der Waals surface area contributed by atoms with E-state index >= 15 is 0 Å². The van der Waals surface area contributed by atoms with Crippen molar-refractivity contribution < 1.29 is 24.0 Å². The SMILES string of the molecule is COc1ccc(N2C[C@@H](NC(=O)c3cccc([N+](=O)[O-])c3)CC2=O)cc1OC. The summed E-state index contributed by atoms with van der Waals surface area (Å²) in [5.41, 5.74) is 0.642. The van der Waals surface area contributed by atoms with Crippen LogP contribution in [-0.2, 0) is 4.79 Å². The molecule has 1 aliphatic rings. The molecule has 1 fully saturated rings. The molecule has 2 amide bonds. The van der Waals surface area contributed by atoms with Crippen LogP contribution in [-0.4, -0.2) is 43.5 Å². The number of anilines is 1. The minimum Gasteiger partial charge on any atom is -0.493 e. The number of carbonyl (C=O) groups excluding carboxylic acids is 2. The van der Waals surface area contributed by atoms with Gasteiger partial charge in [-0.05, 0) is 18.2 Å². The van der Waals surface area contributed by atoms with Crippen molar-refractivity contribution >= 4 is 23.2 Å². The van der Waals surface area contributed by atoms with Crippen LogP contribution in [0.4, 0.5) is 11.4 Å². The smallest absolute Gasteiger partial charge is 0.270 e. The fraction of sp³-hybridized carbons (Fsp3) is 0.263. The van der Waals surface area contributed by atoms with E-state index in [1.165, 1.54) is 38.5 Å². The number of nitrogens with one attached hydrogen (secondary N) is 1. The molecule has 0 aromatic heterocycles. The molecule has 0 aliphatic carbocycles. The highest BCUT2D eigenvalue weighted by molar-refractivity contribution is 5.99. The van der Waals surface area contributed by atoms with Crippen LogP contribution >= 0.6 is 0 Å². The maximum atomic E-state index is 12.4. The molecule has 28 heavy (non-hydrogen) atoms. The van der Waals surface area contributed by atoms with Crippen LogP contribution in [0.2, 0.25) is 0 Å². The van der Waals surface area contributed by atoms with Crippen molar-refractivity contribution in [3.05, 3.63) is 58.1 Å². The third-order valence-corrected chi connectivity index (χ3v) is 4.46. The highest BCUT2D eigenvalue weighted by Crippen LogP contribution is 2.33. The molecule has 9 nitrogen and oxygen atoms in total. The molecule has 1 N–H and O–H groups in total. The van der Waals surface area contributed by atoms with E-state index in [2.05, 4.69) is 5.32 Å². The Hall–Kier alpha value is -3.62. The van der Waals surface area contributed by atoms with Crippen LogP contribution in [0.15, 0.2) is 42.5 Å². The summed E-state index contributed by atoms with van der Waals surface area (Å²) in [6.07, 6.45) is 0.134. The Morgan fingerprint density at radius 3 is 2.61 bits per heavy atom. The number of rotatable bonds is 6. The second-order valence-corrected chi connectivity index (χ2v) is 6.23. The largest absolute Gasteiger partial charge is 0.493 e. The van der Waals surface area contributed by atoms with Gasteiger partial charge in [0.2, 0.25) is 5.91 Å². The molecule has 0 spiro atoms. The van der Waals surface area contributed by atoms with E-state index < -0.39 is 16.9 Å². The number of non-ortho nitro benzene ring substituents is 1. The summed E-state index contributed by atoms with van der Waals surface area (Å²) in [6.45, 7) is 0.287. The van der Waals surface area contributed by atoms with Gasteiger partial charge in [0.05, 0.1) is 25.2 Å².